The highest BCUT2D eigenvalue weighted by Gasteiger charge is 2.36. The third kappa shape index (κ3) is 6.53. The largest absolute Gasteiger partial charge is 0.491 e. The maximum Gasteiger partial charge on any atom is 0.416 e. The van der Waals surface area contributed by atoms with Gasteiger partial charge in [0.2, 0.25) is 11.8 Å². The van der Waals surface area contributed by atoms with Crippen LogP contribution in [-0.2, 0) is 15.8 Å². The molecule has 0 aliphatic carbocycles. The van der Waals surface area contributed by atoms with Crippen LogP contribution in [0.15, 0.2) is 18.2 Å². The number of alkyl halides is 3. The molecule has 1 atom stereocenters. The molecule has 0 bridgehead atoms. The average molecular weight is 526 g/mol. The summed E-state index contributed by atoms with van der Waals surface area (Å²) < 4.78 is 46.0. The quantitative estimate of drug-likeness (QED) is 0.595. The normalized spacial score (nSPS) is 23.6. The van der Waals surface area contributed by atoms with Crippen LogP contribution in [0.25, 0.3) is 0 Å². The minimum Gasteiger partial charge on any atom is -0.491 e. The number of hydrogen-bond donors (Lipinski definition) is 1. The lowest BCUT2D eigenvalue weighted by Crippen LogP contribution is -2.60. The molecule has 12 heteroatoms. The summed E-state index contributed by atoms with van der Waals surface area (Å²) in [7, 11) is 2.05. The van der Waals surface area contributed by atoms with Crippen LogP contribution in [0, 0.1) is 0 Å². The smallest absolute Gasteiger partial charge is 0.416 e. The fourth-order valence-electron chi connectivity index (χ4n) is 5.23. The number of carbonyl (C=O) groups is 3. The lowest BCUT2D eigenvalue weighted by Gasteiger charge is -2.43. The monoisotopic (exact) mass is 525 g/mol. The first-order valence-corrected chi connectivity index (χ1v) is 12.6. The van der Waals surface area contributed by atoms with E-state index in [4.69, 9.17) is 4.74 Å². The first-order chi connectivity index (χ1) is 17.5. The molecular formula is C25H34F3N5O4. The third-order valence-corrected chi connectivity index (χ3v) is 7.46. The predicted octanol–water partition coefficient (Wildman–Crippen LogP) is 1.28. The molecule has 0 unspecified atom stereocenters. The zero-order valence-corrected chi connectivity index (χ0v) is 21.2. The summed E-state index contributed by atoms with van der Waals surface area (Å²) >= 11 is 0. The van der Waals surface area contributed by atoms with E-state index in [0.717, 1.165) is 44.1 Å². The zero-order valence-electron chi connectivity index (χ0n) is 21.2. The van der Waals surface area contributed by atoms with Crippen molar-refractivity contribution < 1.29 is 32.3 Å². The maximum atomic E-state index is 13.5. The van der Waals surface area contributed by atoms with Crippen LogP contribution in [0.4, 0.5) is 13.2 Å². The van der Waals surface area contributed by atoms with Gasteiger partial charge in [-0.2, -0.15) is 13.2 Å². The molecule has 2 saturated heterocycles. The van der Waals surface area contributed by atoms with Gasteiger partial charge in [0.1, 0.15) is 12.4 Å². The van der Waals surface area contributed by atoms with Gasteiger partial charge in [-0.15, -0.1) is 0 Å². The Morgan fingerprint density at radius 3 is 2.46 bits per heavy atom. The molecule has 0 spiro atoms. The Hall–Kier alpha value is -2.86. The third-order valence-electron chi connectivity index (χ3n) is 7.46. The van der Waals surface area contributed by atoms with Gasteiger partial charge in [0.15, 0.2) is 0 Å². The van der Waals surface area contributed by atoms with Gasteiger partial charge in [0, 0.05) is 45.7 Å². The number of hydrogen-bond acceptors (Lipinski definition) is 6. The molecule has 3 aliphatic heterocycles. The number of amides is 3. The van der Waals surface area contributed by atoms with E-state index in [1.165, 1.54) is 6.92 Å². The van der Waals surface area contributed by atoms with Crippen LogP contribution in [0.3, 0.4) is 0 Å². The topological polar surface area (TPSA) is 85.4 Å². The Balaban J connectivity index is 1.64. The van der Waals surface area contributed by atoms with Crippen molar-refractivity contribution >= 4 is 17.7 Å². The second-order valence-electron chi connectivity index (χ2n) is 9.99. The van der Waals surface area contributed by atoms with Gasteiger partial charge in [-0.25, -0.2) is 0 Å². The van der Waals surface area contributed by atoms with Gasteiger partial charge in [0.05, 0.1) is 23.7 Å². The highest BCUT2D eigenvalue weighted by atomic mass is 19.4. The molecule has 0 radical (unpaired) electrons. The fraction of sp³-hybridized carbons (Fsp3) is 0.640. The summed E-state index contributed by atoms with van der Waals surface area (Å²) in [5, 5.41) is 2.72. The van der Waals surface area contributed by atoms with Crippen LogP contribution < -0.4 is 10.1 Å². The average Bonchev–Trinajstić information content (AvgIpc) is 2.86. The number of rotatable bonds is 1. The van der Waals surface area contributed by atoms with Crippen molar-refractivity contribution in [2.24, 2.45) is 0 Å². The molecule has 0 saturated carbocycles. The van der Waals surface area contributed by atoms with Crippen molar-refractivity contribution in [3.8, 4) is 5.75 Å². The van der Waals surface area contributed by atoms with Gasteiger partial charge >= 0.3 is 6.18 Å². The van der Waals surface area contributed by atoms with Crippen LogP contribution in [-0.4, -0.2) is 115 Å². The molecule has 1 aromatic rings. The second kappa shape index (κ2) is 11.3. The molecule has 4 rings (SSSR count). The molecule has 1 aromatic carbocycles. The first kappa shape index (κ1) is 27.2. The minimum atomic E-state index is -4.62. The van der Waals surface area contributed by atoms with E-state index >= 15 is 0 Å². The Morgan fingerprint density at radius 2 is 1.78 bits per heavy atom. The Labute approximate surface area is 214 Å². The lowest BCUT2D eigenvalue weighted by molar-refractivity contribution is -0.144. The number of piperidine rings is 1. The van der Waals surface area contributed by atoms with Crippen LogP contribution >= 0.6 is 0 Å². The number of ether oxygens (including phenoxy) is 1. The van der Waals surface area contributed by atoms with Crippen molar-refractivity contribution in [2.75, 3.05) is 66.0 Å². The predicted molar refractivity (Wildman–Crippen MR) is 129 cm³/mol. The van der Waals surface area contributed by atoms with Crippen LogP contribution in [0.2, 0.25) is 0 Å². The standard InChI is InChI=1S/C25H34F3N5O4/c1-17(34)31-11-12-33-20(14-31)16-37-22-4-3-18(25(26,27)28)13-21(22)24(36)29-7-10-32(15-23(33)35)19-5-8-30(2)9-6-19/h3-4,13,19-20H,5-12,14-16H2,1-2H3,(H,29,36)/t20-/m0/s1. The number of fused-ring (bicyclic) bond motifs is 2. The number of likely N-dealkylation sites (tertiary alicyclic amines) is 1. The lowest BCUT2D eigenvalue weighted by atomic mass is 10.0. The van der Waals surface area contributed by atoms with E-state index in [9.17, 15) is 27.6 Å². The summed E-state index contributed by atoms with van der Waals surface area (Å²) in [6.07, 6.45) is -2.86. The minimum absolute atomic E-state index is 0.00395. The zero-order chi connectivity index (χ0) is 26.7. The Kier molecular flexibility index (Phi) is 8.27. The molecule has 1 N–H and O–H groups in total. The van der Waals surface area contributed by atoms with E-state index in [1.807, 2.05) is 7.05 Å². The summed E-state index contributed by atoms with van der Waals surface area (Å²) in [6, 6.07) is 2.46. The van der Waals surface area contributed by atoms with E-state index in [1.54, 1.807) is 9.80 Å². The van der Waals surface area contributed by atoms with Gasteiger partial charge in [-0.05, 0) is 51.2 Å². The first-order valence-electron chi connectivity index (χ1n) is 12.6. The van der Waals surface area contributed by atoms with E-state index in [-0.39, 0.29) is 55.4 Å². The number of carbonyl (C=O) groups excluding carboxylic acids is 3. The Bertz CT molecular complexity index is 1010. The van der Waals surface area contributed by atoms with Crippen LogP contribution in [0.1, 0.15) is 35.7 Å². The molecule has 3 amide bonds. The summed E-state index contributed by atoms with van der Waals surface area (Å²) in [4.78, 5) is 46.2. The number of piperazine rings is 1. The Morgan fingerprint density at radius 1 is 1.05 bits per heavy atom. The van der Waals surface area contributed by atoms with Crippen molar-refractivity contribution in [1.29, 1.82) is 0 Å². The summed E-state index contributed by atoms with van der Waals surface area (Å²) in [5.74, 6) is -0.878. The van der Waals surface area contributed by atoms with Crippen molar-refractivity contribution in [2.45, 2.75) is 38.0 Å². The SMILES string of the molecule is CC(=O)N1CCN2C(=O)CN(C3CCN(C)CC3)CCNC(=O)c3cc(C(F)(F)F)ccc3OC[C@@H]2C1. The van der Waals surface area contributed by atoms with Crippen molar-refractivity contribution in [3.63, 3.8) is 0 Å². The van der Waals surface area contributed by atoms with E-state index in [0.29, 0.717) is 19.6 Å². The molecule has 3 heterocycles. The van der Waals surface area contributed by atoms with Gasteiger partial charge < -0.3 is 24.8 Å². The number of halogens is 3. The molecule has 9 nitrogen and oxygen atoms in total. The second-order valence-corrected chi connectivity index (χ2v) is 9.99. The van der Waals surface area contributed by atoms with Crippen molar-refractivity contribution in [3.05, 3.63) is 29.3 Å². The van der Waals surface area contributed by atoms with Gasteiger partial charge in [-0.1, -0.05) is 0 Å². The number of benzene rings is 1. The van der Waals surface area contributed by atoms with E-state index < -0.39 is 23.7 Å². The van der Waals surface area contributed by atoms with Gasteiger partial charge in [0.25, 0.3) is 5.91 Å². The van der Waals surface area contributed by atoms with E-state index in [2.05, 4.69) is 15.1 Å². The van der Waals surface area contributed by atoms with Crippen LogP contribution in [0.5, 0.6) is 5.75 Å². The van der Waals surface area contributed by atoms with Crippen molar-refractivity contribution in [1.82, 2.24) is 24.9 Å². The molecular weight excluding hydrogens is 491 g/mol. The highest BCUT2D eigenvalue weighted by molar-refractivity contribution is 5.97. The molecule has 204 valence electrons. The number of nitrogens with zero attached hydrogens (tertiary/aromatic N) is 4. The molecule has 2 fully saturated rings. The fourth-order valence-corrected chi connectivity index (χ4v) is 5.23. The van der Waals surface area contributed by atoms with Gasteiger partial charge in [-0.3, -0.25) is 19.3 Å². The highest BCUT2D eigenvalue weighted by Crippen LogP contribution is 2.33. The molecule has 0 aromatic heterocycles. The molecule has 3 aliphatic rings. The molecule has 37 heavy (non-hydrogen) atoms. The summed E-state index contributed by atoms with van der Waals surface area (Å²) in [6.45, 7) is 4.89. The number of nitrogens with one attached hydrogen (secondary N) is 1. The summed E-state index contributed by atoms with van der Waals surface area (Å²) in [5.41, 5.74) is -1.16. The maximum absolute atomic E-state index is 13.5.